The molecule has 0 fully saturated rings. The van der Waals surface area contributed by atoms with Gasteiger partial charge in [-0.3, -0.25) is 4.79 Å². The molecular formula is C9H7F3N2OS. The Morgan fingerprint density at radius 3 is 2.75 bits per heavy atom. The zero-order chi connectivity index (χ0) is 11.9. The fraction of sp³-hybridized carbons (Fsp3) is 0.333. The molecule has 0 unspecified atom stereocenters. The first-order valence-corrected chi connectivity index (χ1v) is 5.33. The number of halogens is 3. The molecule has 2 heterocycles. The summed E-state index contributed by atoms with van der Waals surface area (Å²) in [4.78, 5) is 17.2. The number of alkyl halides is 3. The Morgan fingerprint density at radius 2 is 2.19 bits per heavy atom. The number of thiophene rings is 1. The molecule has 0 saturated heterocycles. The molecule has 0 spiro atoms. The Kier molecular flexibility index (Phi) is 2.49. The highest BCUT2D eigenvalue weighted by atomic mass is 32.1. The summed E-state index contributed by atoms with van der Waals surface area (Å²) >= 11 is 0.492. The molecule has 0 amide bonds. The van der Waals surface area contributed by atoms with Crippen molar-refractivity contribution >= 4 is 21.6 Å². The first-order chi connectivity index (χ1) is 7.41. The minimum absolute atomic E-state index is 0.00507. The van der Waals surface area contributed by atoms with Crippen LogP contribution < -0.4 is 5.56 Å². The molecule has 16 heavy (non-hydrogen) atoms. The zero-order valence-corrected chi connectivity index (χ0v) is 9.00. The van der Waals surface area contributed by atoms with Crippen LogP contribution in [-0.2, 0) is 12.6 Å². The summed E-state index contributed by atoms with van der Waals surface area (Å²) in [5.41, 5.74) is -0.520. The largest absolute Gasteiger partial charge is 0.425 e. The smallest absolute Gasteiger partial charge is 0.310 e. The first-order valence-electron chi connectivity index (χ1n) is 4.51. The van der Waals surface area contributed by atoms with Gasteiger partial charge in [-0.15, -0.1) is 11.3 Å². The van der Waals surface area contributed by atoms with E-state index >= 15 is 0 Å². The second-order valence-corrected chi connectivity index (χ2v) is 4.22. The van der Waals surface area contributed by atoms with E-state index in [1.165, 1.54) is 0 Å². The Balaban J connectivity index is 2.71. The van der Waals surface area contributed by atoms with Crippen LogP contribution in [0.3, 0.4) is 0 Å². The maximum atomic E-state index is 12.4. The third-order valence-electron chi connectivity index (χ3n) is 2.07. The molecule has 0 atom stereocenters. The van der Waals surface area contributed by atoms with Crippen molar-refractivity contribution in [3.8, 4) is 0 Å². The van der Waals surface area contributed by atoms with Crippen LogP contribution in [0.2, 0.25) is 0 Å². The van der Waals surface area contributed by atoms with Gasteiger partial charge in [0.25, 0.3) is 5.56 Å². The molecular weight excluding hydrogens is 241 g/mol. The number of aryl methyl sites for hydroxylation is 1. The summed E-state index contributed by atoms with van der Waals surface area (Å²) in [5.74, 6) is 0.396. The highest BCUT2D eigenvalue weighted by Gasteiger charge is 2.33. The number of hydrogen-bond acceptors (Lipinski definition) is 3. The van der Waals surface area contributed by atoms with Crippen molar-refractivity contribution in [3.05, 3.63) is 27.1 Å². The molecule has 0 saturated carbocycles. The molecule has 0 aliphatic carbocycles. The highest BCUT2D eigenvalue weighted by Crippen LogP contribution is 2.36. The number of nitrogens with zero attached hydrogens (tertiary/aromatic N) is 1. The van der Waals surface area contributed by atoms with Gasteiger partial charge in [0.2, 0.25) is 0 Å². The number of H-pyrrole nitrogens is 1. The van der Waals surface area contributed by atoms with Crippen molar-refractivity contribution in [2.45, 2.75) is 19.5 Å². The summed E-state index contributed by atoms with van der Waals surface area (Å²) in [6, 6.07) is 0.839. The summed E-state index contributed by atoms with van der Waals surface area (Å²) in [5, 5.41) is -0.00507. The van der Waals surface area contributed by atoms with Crippen molar-refractivity contribution in [1.82, 2.24) is 9.97 Å². The standard InChI is InChI=1S/C9H7F3N2OS/c1-2-6-13-7(15)4-3-5(9(10,11)12)16-8(4)14-6/h3H,2H2,1H3,(H,13,14,15). The Bertz CT molecular complexity index is 584. The van der Waals surface area contributed by atoms with Crippen molar-refractivity contribution < 1.29 is 13.2 Å². The minimum atomic E-state index is -4.43. The normalized spacial score (nSPS) is 12.2. The van der Waals surface area contributed by atoms with Gasteiger partial charge in [-0.05, 0) is 6.07 Å². The van der Waals surface area contributed by atoms with Crippen LogP contribution in [0, 0.1) is 0 Å². The van der Waals surface area contributed by atoms with E-state index in [0.29, 0.717) is 23.6 Å². The van der Waals surface area contributed by atoms with Crippen LogP contribution in [0.15, 0.2) is 10.9 Å². The van der Waals surface area contributed by atoms with Gasteiger partial charge in [0.15, 0.2) is 0 Å². The van der Waals surface area contributed by atoms with Gasteiger partial charge in [0, 0.05) is 6.42 Å². The van der Waals surface area contributed by atoms with Crippen LogP contribution in [0.25, 0.3) is 10.2 Å². The van der Waals surface area contributed by atoms with Crippen LogP contribution in [-0.4, -0.2) is 9.97 Å². The molecule has 2 aromatic rings. The van der Waals surface area contributed by atoms with E-state index in [-0.39, 0.29) is 10.2 Å². The SMILES string of the molecule is CCc1nc2sc(C(F)(F)F)cc2c(=O)[nH]1. The minimum Gasteiger partial charge on any atom is -0.310 e. The quantitative estimate of drug-likeness (QED) is 0.843. The van der Waals surface area contributed by atoms with E-state index in [4.69, 9.17) is 0 Å². The fourth-order valence-electron chi connectivity index (χ4n) is 1.28. The van der Waals surface area contributed by atoms with Crippen LogP contribution in [0.5, 0.6) is 0 Å². The Hall–Kier alpha value is -1.37. The number of fused-ring (bicyclic) bond motifs is 1. The molecule has 0 aliphatic rings. The van der Waals surface area contributed by atoms with E-state index in [1.807, 2.05) is 0 Å². The van der Waals surface area contributed by atoms with Gasteiger partial charge < -0.3 is 4.98 Å². The second kappa shape index (κ2) is 3.58. The molecule has 0 bridgehead atoms. The predicted molar refractivity (Wildman–Crippen MR) is 54.6 cm³/mol. The van der Waals surface area contributed by atoms with E-state index in [0.717, 1.165) is 6.07 Å². The number of aromatic nitrogens is 2. The lowest BCUT2D eigenvalue weighted by Gasteiger charge is -1.99. The topological polar surface area (TPSA) is 45.8 Å². The molecule has 7 heteroatoms. The molecule has 1 N–H and O–H groups in total. The Morgan fingerprint density at radius 1 is 1.50 bits per heavy atom. The summed E-state index contributed by atoms with van der Waals surface area (Å²) < 4.78 is 37.2. The lowest BCUT2D eigenvalue weighted by Crippen LogP contribution is -2.09. The molecule has 0 aromatic carbocycles. The van der Waals surface area contributed by atoms with E-state index < -0.39 is 16.6 Å². The van der Waals surface area contributed by atoms with Crippen molar-refractivity contribution in [1.29, 1.82) is 0 Å². The highest BCUT2D eigenvalue weighted by molar-refractivity contribution is 7.18. The maximum absolute atomic E-state index is 12.4. The average molecular weight is 248 g/mol. The molecule has 3 nitrogen and oxygen atoms in total. The number of hydrogen-bond donors (Lipinski definition) is 1. The third kappa shape index (κ3) is 1.82. The molecule has 86 valence electrons. The van der Waals surface area contributed by atoms with Gasteiger partial charge in [-0.2, -0.15) is 13.2 Å². The third-order valence-corrected chi connectivity index (χ3v) is 3.14. The fourth-order valence-corrected chi connectivity index (χ4v) is 2.20. The maximum Gasteiger partial charge on any atom is 0.425 e. The molecule has 2 rings (SSSR count). The first kappa shape index (κ1) is 11.1. The van der Waals surface area contributed by atoms with Crippen molar-refractivity contribution in [2.75, 3.05) is 0 Å². The van der Waals surface area contributed by atoms with E-state index in [2.05, 4.69) is 9.97 Å². The summed E-state index contributed by atoms with van der Waals surface area (Å²) in [6.07, 6.45) is -3.95. The predicted octanol–water partition coefficient (Wildman–Crippen LogP) is 2.57. The Labute approximate surface area is 91.9 Å². The summed E-state index contributed by atoms with van der Waals surface area (Å²) in [7, 11) is 0. The second-order valence-electron chi connectivity index (χ2n) is 3.19. The van der Waals surface area contributed by atoms with E-state index in [9.17, 15) is 18.0 Å². The van der Waals surface area contributed by atoms with Gasteiger partial charge >= 0.3 is 6.18 Å². The molecule has 2 aromatic heterocycles. The van der Waals surface area contributed by atoms with Gasteiger partial charge in [-0.1, -0.05) is 6.92 Å². The van der Waals surface area contributed by atoms with E-state index in [1.54, 1.807) is 6.92 Å². The molecule has 0 aliphatic heterocycles. The van der Waals surface area contributed by atoms with Gasteiger partial charge in [0.05, 0.1) is 5.39 Å². The lowest BCUT2D eigenvalue weighted by atomic mass is 10.3. The summed E-state index contributed by atoms with van der Waals surface area (Å²) in [6.45, 7) is 1.77. The van der Waals surface area contributed by atoms with Crippen LogP contribution in [0.4, 0.5) is 13.2 Å². The molecule has 0 radical (unpaired) electrons. The number of aromatic amines is 1. The van der Waals surface area contributed by atoms with Crippen molar-refractivity contribution in [2.24, 2.45) is 0 Å². The van der Waals surface area contributed by atoms with Crippen LogP contribution in [0.1, 0.15) is 17.6 Å². The van der Waals surface area contributed by atoms with Gasteiger partial charge in [0.1, 0.15) is 15.5 Å². The zero-order valence-electron chi connectivity index (χ0n) is 8.18. The lowest BCUT2D eigenvalue weighted by molar-refractivity contribution is -0.134. The van der Waals surface area contributed by atoms with Crippen LogP contribution >= 0.6 is 11.3 Å². The average Bonchev–Trinajstić information content (AvgIpc) is 2.61. The monoisotopic (exact) mass is 248 g/mol. The van der Waals surface area contributed by atoms with Crippen molar-refractivity contribution in [3.63, 3.8) is 0 Å². The number of rotatable bonds is 1. The van der Waals surface area contributed by atoms with Gasteiger partial charge in [-0.25, -0.2) is 4.98 Å². The number of nitrogens with one attached hydrogen (secondary N) is 1.